The van der Waals surface area contributed by atoms with E-state index >= 15 is 0 Å². The van der Waals surface area contributed by atoms with Crippen LogP contribution < -0.4 is 4.74 Å². The minimum atomic E-state index is -0.429. The molecule has 0 aliphatic heterocycles. The second-order valence-corrected chi connectivity index (χ2v) is 5.55. The van der Waals surface area contributed by atoms with Crippen molar-refractivity contribution >= 4 is 0 Å². The Morgan fingerprint density at radius 1 is 1.05 bits per heavy atom. The lowest BCUT2D eigenvalue weighted by Crippen LogP contribution is -2.30. The molecule has 0 spiro atoms. The fourth-order valence-corrected chi connectivity index (χ4v) is 2.32. The maximum Gasteiger partial charge on any atom is 0.119 e. The van der Waals surface area contributed by atoms with Gasteiger partial charge in [0.2, 0.25) is 0 Å². The first-order valence-electron chi connectivity index (χ1n) is 7.73. The van der Waals surface area contributed by atoms with E-state index in [1.54, 1.807) is 0 Å². The zero-order chi connectivity index (χ0) is 15.0. The van der Waals surface area contributed by atoms with Crippen molar-refractivity contribution in [1.29, 1.82) is 0 Å². The maximum atomic E-state index is 10.3. The predicted molar refractivity (Wildman–Crippen MR) is 84.2 cm³/mol. The topological polar surface area (TPSA) is 32.7 Å². The molecular formula is C17H29NO2. The second kappa shape index (κ2) is 8.98. The van der Waals surface area contributed by atoms with Gasteiger partial charge in [-0.05, 0) is 57.5 Å². The molecule has 3 nitrogen and oxygen atoms in total. The van der Waals surface area contributed by atoms with Crippen molar-refractivity contribution < 1.29 is 9.84 Å². The van der Waals surface area contributed by atoms with Crippen LogP contribution in [0.4, 0.5) is 0 Å². The highest BCUT2D eigenvalue weighted by atomic mass is 16.5. The number of nitrogens with zero attached hydrogens (tertiary/aromatic N) is 1. The van der Waals surface area contributed by atoms with Gasteiger partial charge in [0.25, 0.3) is 0 Å². The minimum absolute atomic E-state index is 0.176. The van der Waals surface area contributed by atoms with Crippen molar-refractivity contribution in [3.63, 3.8) is 0 Å². The molecule has 114 valence electrons. The zero-order valence-electron chi connectivity index (χ0n) is 13.3. The van der Waals surface area contributed by atoms with Crippen molar-refractivity contribution in [1.82, 2.24) is 4.90 Å². The van der Waals surface area contributed by atoms with E-state index in [0.29, 0.717) is 6.54 Å². The van der Waals surface area contributed by atoms with Crippen molar-refractivity contribution in [2.24, 2.45) is 0 Å². The average molecular weight is 279 g/mol. The van der Waals surface area contributed by atoms with Crippen molar-refractivity contribution in [3.05, 3.63) is 29.8 Å². The first kappa shape index (κ1) is 17.0. The monoisotopic (exact) mass is 279 g/mol. The van der Waals surface area contributed by atoms with Crippen LogP contribution in [0.1, 0.15) is 52.2 Å². The Labute approximate surface area is 123 Å². The van der Waals surface area contributed by atoms with E-state index < -0.39 is 6.10 Å². The maximum absolute atomic E-state index is 10.3. The number of hydrogen-bond donors (Lipinski definition) is 1. The van der Waals surface area contributed by atoms with E-state index in [1.165, 1.54) is 0 Å². The van der Waals surface area contributed by atoms with Crippen LogP contribution in [-0.4, -0.2) is 35.7 Å². The number of hydrogen-bond acceptors (Lipinski definition) is 3. The van der Waals surface area contributed by atoms with E-state index in [1.807, 2.05) is 38.1 Å². The highest BCUT2D eigenvalue weighted by Crippen LogP contribution is 2.19. The van der Waals surface area contributed by atoms with E-state index in [2.05, 4.69) is 18.7 Å². The SMILES string of the molecule is CCCN(CCC)CC(O)c1ccc(OC(C)C)cc1. The van der Waals surface area contributed by atoms with Crippen LogP contribution in [0.15, 0.2) is 24.3 Å². The van der Waals surface area contributed by atoms with Gasteiger partial charge >= 0.3 is 0 Å². The molecule has 1 rings (SSSR count). The first-order chi connectivity index (χ1) is 9.56. The number of aliphatic hydroxyl groups excluding tert-OH is 1. The summed E-state index contributed by atoms with van der Waals surface area (Å²) in [5.41, 5.74) is 0.957. The van der Waals surface area contributed by atoms with Crippen molar-refractivity contribution in [2.45, 2.75) is 52.7 Å². The highest BCUT2D eigenvalue weighted by Gasteiger charge is 2.12. The smallest absolute Gasteiger partial charge is 0.119 e. The molecular weight excluding hydrogens is 250 g/mol. The third-order valence-electron chi connectivity index (χ3n) is 3.15. The van der Waals surface area contributed by atoms with Gasteiger partial charge in [0.05, 0.1) is 12.2 Å². The fraction of sp³-hybridized carbons (Fsp3) is 0.647. The summed E-state index contributed by atoms with van der Waals surface area (Å²) in [5.74, 6) is 0.856. The van der Waals surface area contributed by atoms with Crippen LogP contribution in [0.25, 0.3) is 0 Å². The Bertz CT molecular complexity index is 356. The Morgan fingerprint density at radius 3 is 2.05 bits per heavy atom. The molecule has 0 saturated carbocycles. The van der Waals surface area contributed by atoms with Gasteiger partial charge in [0.15, 0.2) is 0 Å². The molecule has 1 aromatic carbocycles. The number of ether oxygens (including phenoxy) is 1. The molecule has 0 aromatic heterocycles. The molecule has 1 N–H and O–H groups in total. The summed E-state index contributed by atoms with van der Waals surface area (Å²) in [5, 5.41) is 10.3. The van der Waals surface area contributed by atoms with Gasteiger partial charge in [0, 0.05) is 6.54 Å². The normalized spacial score (nSPS) is 12.9. The largest absolute Gasteiger partial charge is 0.491 e. The molecule has 0 bridgehead atoms. The van der Waals surface area contributed by atoms with E-state index in [4.69, 9.17) is 4.74 Å². The van der Waals surface area contributed by atoms with Gasteiger partial charge in [-0.25, -0.2) is 0 Å². The van der Waals surface area contributed by atoms with Crippen molar-refractivity contribution in [2.75, 3.05) is 19.6 Å². The summed E-state index contributed by atoms with van der Waals surface area (Å²) in [4.78, 5) is 2.32. The second-order valence-electron chi connectivity index (χ2n) is 5.55. The molecule has 0 radical (unpaired) electrons. The Balaban J connectivity index is 2.59. The van der Waals surface area contributed by atoms with Gasteiger partial charge in [-0.2, -0.15) is 0 Å². The molecule has 3 heteroatoms. The van der Waals surface area contributed by atoms with Crippen LogP contribution in [-0.2, 0) is 0 Å². The van der Waals surface area contributed by atoms with E-state index in [-0.39, 0.29) is 6.10 Å². The molecule has 0 aliphatic carbocycles. The Kier molecular flexibility index (Phi) is 7.63. The van der Waals surface area contributed by atoms with Crippen LogP contribution in [0.2, 0.25) is 0 Å². The molecule has 20 heavy (non-hydrogen) atoms. The first-order valence-corrected chi connectivity index (χ1v) is 7.73. The van der Waals surface area contributed by atoms with E-state index in [0.717, 1.165) is 37.2 Å². The zero-order valence-corrected chi connectivity index (χ0v) is 13.3. The van der Waals surface area contributed by atoms with E-state index in [9.17, 15) is 5.11 Å². The average Bonchev–Trinajstić information content (AvgIpc) is 2.39. The molecule has 0 aliphatic rings. The summed E-state index contributed by atoms with van der Waals surface area (Å²) in [6.45, 7) is 11.2. The lowest BCUT2D eigenvalue weighted by molar-refractivity contribution is 0.113. The molecule has 0 fully saturated rings. The third-order valence-corrected chi connectivity index (χ3v) is 3.15. The molecule has 1 aromatic rings. The van der Waals surface area contributed by atoms with Crippen LogP contribution in [0.5, 0.6) is 5.75 Å². The van der Waals surface area contributed by atoms with Crippen LogP contribution in [0, 0.1) is 0 Å². The highest BCUT2D eigenvalue weighted by molar-refractivity contribution is 5.28. The molecule has 0 amide bonds. The number of benzene rings is 1. The van der Waals surface area contributed by atoms with Crippen LogP contribution in [0.3, 0.4) is 0 Å². The Morgan fingerprint density at radius 2 is 1.60 bits per heavy atom. The standard InChI is InChI=1S/C17H29NO2/c1-5-11-18(12-6-2)13-17(19)15-7-9-16(10-8-15)20-14(3)4/h7-10,14,17,19H,5-6,11-13H2,1-4H3. The number of rotatable bonds is 9. The van der Waals surface area contributed by atoms with Gasteiger partial charge in [-0.1, -0.05) is 26.0 Å². The van der Waals surface area contributed by atoms with Gasteiger partial charge in [0.1, 0.15) is 5.75 Å². The quantitative estimate of drug-likeness (QED) is 0.749. The Hall–Kier alpha value is -1.06. The molecule has 1 atom stereocenters. The predicted octanol–water partition coefficient (Wildman–Crippen LogP) is 3.63. The van der Waals surface area contributed by atoms with Crippen molar-refractivity contribution in [3.8, 4) is 5.75 Å². The molecule has 1 unspecified atom stereocenters. The summed E-state index contributed by atoms with van der Waals surface area (Å²) in [7, 11) is 0. The summed E-state index contributed by atoms with van der Waals surface area (Å²) >= 11 is 0. The van der Waals surface area contributed by atoms with Gasteiger partial charge in [-0.15, -0.1) is 0 Å². The van der Waals surface area contributed by atoms with Gasteiger partial charge in [-0.3, -0.25) is 0 Å². The third kappa shape index (κ3) is 5.93. The summed E-state index contributed by atoms with van der Waals surface area (Å²) in [6.07, 6.45) is 1.98. The lowest BCUT2D eigenvalue weighted by atomic mass is 10.1. The molecule has 0 heterocycles. The van der Waals surface area contributed by atoms with Crippen LogP contribution >= 0.6 is 0 Å². The fourth-order valence-electron chi connectivity index (χ4n) is 2.32. The lowest BCUT2D eigenvalue weighted by Gasteiger charge is -2.24. The molecule has 0 saturated heterocycles. The summed E-state index contributed by atoms with van der Waals surface area (Å²) in [6, 6.07) is 7.78. The van der Waals surface area contributed by atoms with Gasteiger partial charge < -0.3 is 14.7 Å². The number of aliphatic hydroxyl groups is 1. The minimum Gasteiger partial charge on any atom is -0.491 e. The summed E-state index contributed by atoms with van der Waals surface area (Å²) < 4.78 is 5.62.